The highest BCUT2D eigenvalue weighted by atomic mass is 16.5. The minimum Gasteiger partial charge on any atom is -0.337 e. The Bertz CT molecular complexity index is 785. The van der Waals surface area contributed by atoms with Crippen LogP contribution in [0.4, 0.5) is 0 Å². The lowest BCUT2D eigenvalue weighted by atomic mass is 9.89. The average Bonchev–Trinajstić information content (AvgIpc) is 3.16. The van der Waals surface area contributed by atoms with E-state index in [1.807, 2.05) is 24.0 Å². The van der Waals surface area contributed by atoms with Gasteiger partial charge >= 0.3 is 0 Å². The fourth-order valence-electron chi connectivity index (χ4n) is 3.18. The van der Waals surface area contributed by atoms with Crippen LogP contribution in [0.25, 0.3) is 11.0 Å². The van der Waals surface area contributed by atoms with E-state index in [0.717, 1.165) is 22.4 Å². The fraction of sp³-hybridized carbons (Fsp3) is 0.500. The summed E-state index contributed by atoms with van der Waals surface area (Å²) in [5.41, 5.74) is 1.98. The molecule has 0 spiro atoms. The molecule has 114 valence electrons. The highest BCUT2D eigenvalue weighted by Crippen LogP contribution is 2.30. The molecule has 3 aromatic rings. The van der Waals surface area contributed by atoms with Crippen LogP contribution in [0, 0.1) is 6.92 Å². The summed E-state index contributed by atoms with van der Waals surface area (Å²) < 4.78 is 7.23. The summed E-state index contributed by atoms with van der Waals surface area (Å²) in [6.07, 6.45) is 9.87. The summed E-state index contributed by atoms with van der Waals surface area (Å²) in [6, 6.07) is 2.08. The van der Waals surface area contributed by atoms with Crippen molar-refractivity contribution in [3.05, 3.63) is 35.7 Å². The van der Waals surface area contributed by atoms with Gasteiger partial charge < -0.3 is 4.52 Å². The van der Waals surface area contributed by atoms with Gasteiger partial charge in [-0.3, -0.25) is 0 Å². The van der Waals surface area contributed by atoms with E-state index in [4.69, 9.17) is 4.52 Å². The SMILES string of the molecule is Cc1cnc2c(cnn2Cc2nc(C3CCCCC3)no2)c1. The fourth-order valence-corrected chi connectivity index (χ4v) is 3.18. The number of pyridine rings is 1. The second kappa shape index (κ2) is 5.51. The zero-order valence-electron chi connectivity index (χ0n) is 12.7. The number of hydrogen-bond donors (Lipinski definition) is 0. The molecule has 22 heavy (non-hydrogen) atoms. The number of aryl methyl sites for hydroxylation is 1. The van der Waals surface area contributed by atoms with E-state index in [0.29, 0.717) is 18.4 Å². The van der Waals surface area contributed by atoms with Gasteiger partial charge in [0.05, 0.1) is 6.20 Å². The highest BCUT2D eigenvalue weighted by Gasteiger charge is 2.21. The van der Waals surface area contributed by atoms with Gasteiger partial charge in [-0.1, -0.05) is 24.4 Å². The van der Waals surface area contributed by atoms with Crippen LogP contribution in [0.2, 0.25) is 0 Å². The molecule has 1 aliphatic carbocycles. The molecule has 6 heteroatoms. The van der Waals surface area contributed by atoms with Crippen molar-refractivity contribution in [2.24, 2.45) is 0 Å². The first-order chi connectivity index (χ1) is 10.8. The van der Waals surface area contributed by atoms with Crippen LogP contribution in [0.5, 0.6) is 0 Å². The van der Waals surface area contributed by atoms with E-state index < -0.39 is 0 Å². The molecule has 0 radical (unpaired) electrons. The van der Waals surface area contributed by atoms with Crippen LogP contribution >= 0.6 is 0 Å². The standard InChI is InChI=1S/C16H19N5O/c1-11-7-13-9-18-21(16(13)17-8-11)10-14-19-15(20-22-14)12-5-3-2-4-6-12/h7-9,12H,2-6,10H2,1H3. The van der Waals surface area contributed by atoms with Gasteiger partial charge in [0.25, 0.3) is 0 Å². The summed E-state index contributed by atoms with van der Waals surface area (Å²) in [6.45, 7) is 2.50. The van der Waals surface area contributed by atoms with Crippen molar-refractivity contribution in [1.82, 2.24) is 24.9 Å². The molecule has 0 aromatic carbocycles. The van der Waals surface area contributed by atoms with Crippen molar-refractivity contribution in [1.29, 1.82) is 0 Å². The molecule has 6 nitrogen and oxygen atoms in total. The quantitative estimate of drug-likeness (QED) is 0.742. The van der Waals surface area contributed by atoms with Crippen LogP contribution in [0.3, 0.4) is 0 Å². The van der Waals surface area contributed by atoms with Crippen molar-refractivity contribution in [2.75, 3.05) is 0 Å². The van der Waals surface area contributed by atoms with E-state index in [9.17, 15) is 0 Å². The summed E-state index contributed by atoms with van der Waals surface area (Å²) in [5, 5.41) is 9.58. The lowest BCUT2D eigenvalue weighted by Gasteiger charge is -2.17. The number of aromatic nitrogens is 5. The normalized spacial score (nSPS) is 16.4. The Balaban J connectivity index is 1.56. The van der Waals surface area contributed by atoms with Crippen molar-refractivity contribution < 1.29 is 4.52 Å². The Morgan fingerprint density at radius 3 is 2.95 bits per heavy atom. The molecule has 4 rings (SSSR count). The molecule has 3 heterocycles. The first-order valence-electron chi connectivity index (χ1n) is 7.90. The van der Waals surface area contributed by atoms with Crippen molar-refractivity contribution >= 4 is 11.0 Å². The third kappa shape index (κ3) is 2.49. The van der Waals surface area contributed by atoms with Crippen molar-refractivity contribution in [3.63, 3.8) is 0 Å². The molecule has 0 bridgehead atoms. The minimum absolute atomic E-state index is 0.460. The molecule has 0 saturated heterocycles. The van der Waals surface area contributed by atoms with Gasteiger partial charge in [0.15, 0.2) is 11.5 Å². The van der Waals surface area contributed by atoms with Gasteiger partial charge in [-0.25, -0.2) is 9.67 Å². The van der Waals surface area contributed by atoms with Gasteiger partial charge in [-0.15, -0.1) is 0 Å². The third-order valence-electron chi connectivity index (χ3n) is 4.35. The third-order valence-corrected chi connectivity index (χ3v) is 4.35. The number of hydrogen-bond acceptors (Lipinski definition) is 5. The lowest BCUT2D eigenvalue weighted by molar-refractivity contribution is 0.350. The second-order valence-corrected chi connectivity index (χ2v) is 6.11. The number of rotatable bonds is 3. The average molecular weight is 297 g/mol. The molecule has 0 N–H and O–H groups in total. The van der Waals surface area contributed by atoms with E-state index >= 15 is 0 Å². The number of fused-ring (bicyclic) bond motifs is 1. The predicted octanol–water partition coefficient (Wildman–Crippen LogP) is 3.22. The molecular formula is C16H19N5O. The molecule has 1 fully saturated rings. The zero-order valence-corrected chi connectivity index (χ0v) is 12.7. The van der Waals surface area contributed by atoms with E-state index in [1.54, 1.807) is 0 Å². The Labute approximate surface area is 128 Å². The maximum Gasteiger partial charge on any atom is 0.248 e. The van der Waals surface area contributed by atoms with Crippen molar-refractivity contribution in [3.8, 4) is 0 Å². The molecule has 3 aromatic heterocycles. The number of nitrogens with zero attached hydrogens (tertiary/aromatic N) is 5. The molecule has 1 saturated carbocycles. The van der Waals surface area contributed by atoms with Gasteiger partial charge in [-0.05, 0) is 31.4 Å². The van der Waals surface area contributed by atoms with E-state index in [2.05, 4.69) is 26.3 Å². The summed E-state index contributed by atoms with van der Waals surface area (Å²) in [5.74, 6) is 1.92. The van der Waals surface area contributed by atoms with Crippen LogP contribution in [0.15, 0.2) is 23.0 Å². The summed E-state index contributed by atoms with van der Waals surface area (Å²) in [4.78, 5) is 9.01. The van der Waals surface area contributed by atoms with E-state index in [-0.39, 0.29) is 0 Å². The topological polar surface area (TPSA) is 69.6 Å². The second-order valence-electron chi connectivity index (χ2n) is 6.11. The molecule has 0 unspecified atom stereocenters. The van der Waals surface area contributed by atoms with Crippen LogP contribution in [-0.2, 0) is 6.54 Å². The summed E-state index contributed by atoms with van der Waals surface area (Å²) in [7, 11) is 0. The van der Waals surface area contributed by atoms with Gasteiger partial charge in [0.1, 0.15) is 6.54 Å². The van der Waals surface area contributed by atoms with E-state index in [1.165, 1.54) is 32.1 Å². The lowest BCUT2D eigenvalue weighted by Crippen LogP contribution is -2.07. The molecule has 0 aliphatic heterocycles. The molecule has 0 atom stereocenters. The maximum atomic E-state index is 5.41. The van der Waals surface area contributed by atoms with Crippen molar-refractivity contribution in [2.45, 2.75) is 51.5 Å². The largest absolute Gasteiger partial charge is 0.337 e. The maximum absolute atomic E-state index is 5.41. The Hall–Kier alpha value is -2.24. The smallest absolute Gasteiger partial charge is 0.248 e. The predicted molar refractivity (Wildman–Crippen MR) is 81.5 cm³/mol. The van der Waals surface area contributed by atoms with Crippen LogP contribution in [-0.4, -0.2) is 24.9 Å². The monoisotopic (exact) mass is 297 g/mol. The first-order valence-corrected chi connectivity index (χ1v) is 7.90. The Morgan fingerprint density at radius 2 is 2.09 bits per heavy atom. The van der Waals surface area contributed by atoms with Crippen LogP contribution < -0.4 is 0 Å². The Morgan fingerprint density at radius 1 is 1.23 bits per heavy atom. The molecule has 1 aliphatic rings. The van der Waals surface area contributed by atoms with Gasteiger partial charge in [0.2, 0.25) is 5.89 Å². The van der Waals surface area contributed by atoms with Gasteiger partial charge in [-0.2, -0.15) is 10.1 Å². The van der Waals surface area contributed by atoms with Gasteiger partial charge in [0, 0.05) is 17.5 Å². The zero-order chi connectivity index (χ0) is 14.9. The molecular weight excluding hydrogens is 278 g/mol. The first kappa shape index (κ1) is 13.4. The summed E-state index contributed by atoms with van der Waals surface area (Å²) >= 11 is 0. The molecule has 0 amide bonds. The van der Waals surface area contributed by atoms with Crippen LogP contribution in [0.1, 0.15) is 55.3 Å². The minimum atomic E-state index is 0.460. The highest BCUT2D eigenvalue weighted by molar-refractivity contribution is 5.74. The Kier molecular flexibility index (Phi) is 3.36.